The summed E-state index contributed by atoms with van der Waals surface area (Å²) >= 11 is 0. The van der Waals surface area contributed by atoms with Gasteiger partial charge in [-0.2, -0.15) is 0 Å². The van der Waals surface area contributed by atoms with Gasteiger partial charge < -0.3 is 20.9 Å². The first-order chi connectivity index (χ1) is 8.49. The Morgan fingerprint density at radius 2 is 2.06 bits per heavy atom. The van der Waals surface area contributed by atoms with E-state index in [-0.39, 0.29) is 12.6 Å². The largest absolute Gasteiger partial charge is 0.496 e. The highest BCUT2D eigenvalue weighted by atomic mass is 16.5. The summed E-state index contributed by atoms with van der Waals surface area (Å²) in [6.45, 7) is 6.84. The number of anilines is 1. The number of rotatable bonds is 6. The number of nitrogens with one attached hydrogen (secondary N) is 1. The molecule has 4 nitrogen and oxygen atoms in total. The fourth-order valence-electron chi connectivity index (χ4n) is 1.82. The number of aliphatic hydroxyl groups excluding tert-OH is 1. The fourth-order valence-corrected chi connectivity index (χ4v) is 1.82. The third kappa shape index (κ3) is 3.62. The van der Waals surface area contributed by atoms with Crippen LogP contribution in [0.15, 0.2) is 12.1 Å². The standard InChI is InChI=1S/C14H24N2O2/c1-9(2)12-6-13(16-7-11(15)8-17)10(3)5-14(12)18-4/h5-6,9,11,16-17H,7-8,15H2,1-4H3. The third-order valence-corrected chi connectivity index (χ3v) is 2.99. The molecule has 0 spiro atoms. The lowest BCUT2D eigenvalue weighted by Crippen LogP contribution is -2.32. The summed E-state index contributed by atoms with van der Waals surface area (Å²) in [7, 11) is 1.69. The normalized spacial score (nSPS) is 12.6. The van der Waals surface area contributed by atoms with Crippen molar-refractivity contribution in [3.63, 3.8) is 0 Å². The van der Waals surface area contributed by atoms with Crippen molar-refractivity contribution in [1.29, 1.82) is 0 Å². The van der Waals surface area contributed by atoms with Gasteiger partial charge in [-0.3, -0.25) is 0 Å². The zero-order valence-electron chi connectivity index (χ0n) is 11.7. The molecule has 0 aromatic heterocycles. The highest BCUT2D eigenvalue weighted by Crippen LogP contribution is 2.31. The van der Waals surface area contributed by atoms with E-state index < -0.39 is 0 Å². The summed E-state index contributed by atoms with van der Waals surface area (Å²) in [4.78, 5) is 0. The molecular formula is C14H24N2O2. The molecule has 102 valence electrons. The van der Waals surface area contributed by atoms with E-state index in [1.54, 1.807) is 7.11 Å². The first-order valence-electron chi connectivity index (χ1n) is 6.28. The maximum atomic E-state index is 8.92. The Bertz CT molecular complexity index is 392. The van der Waals surface area contributed by atoms with Crippen LogP contribution in [0.5, 0.6) is 5.75 Å². The van der Waals surface area contributed by atoms with E-state index in [2.05, 4.69) is 25.2 Å². The summed E-state index contributed by atoms with van der Waals surface area (Å²) in [6.07, 6.45) is 0. The van der Waals surface area contributed by atoms with Crippen molar-refractivity contribution in [3.05, 3.63) is 23.3 Å². The number of aliphatic hydroxyl groups is 1. The highest BCUT2D eigenvalue weighted by Gasteiger charge is 2.11. The minimum Gasteiger partial charge on any atom is -0.496 e. The topological polar surface area (TPSA) is 67.5 Å². The molecule has 4 N–H and O–H groups in total. The Balaban J connectivity index is 2.95. The van der Waals surface area contributed by atoms with Crippen LogP contribution >= 0.6 is 0 Å². The average Bonchev–Trinajstić information content (AvgIpc) is 2.35. The molecule has 0 amide bonds. The maximum absolute atomic E-state index is 8.92. The smallest absolute Gasteiger partial charge is 0.122 e. The predicted octanol–water partition coefficient (Wildman–Crippen LogP) is 1.86. The van der Waals surface area contributed by atoms with Crippen molar-refractivity contribution in [2.24, 2.45) is 5.73 Å². The SMILES string of the molecule is COc1cc(C)c(NCC(N)CO)cc1C(C)C. The van der Waals surface area contributed by atoms with Crippen LogP contribution in [0.25, 0.3) is 0 Å². The third-order valence-electron chi connectivity index (χ3n) is 2.99. The van der Waals surface area contributed by atoms with E-state index in [1.807, 2.05) is 13.0 Å². The highest BCUT2D eigenvalue weighted by molar-refractivity contribution is 5.58. The molecule has 1 atom stereocenters. The Hall–Kier alpha value is -1.26. The number of ether oxygens (including phenoxy) is 1. The van der Waals surface area contributed by atoms with Gasteiger partial charge in [0.05, 0.1) is 13.7 Å². The van der Waals surface area contributed by atoms with Gasteiger partial charge in [0.25, 0.3) is 0 Å². The maximum Gasteiger partial charge on any atom is 0.122 e. The van der Waals surface area contributed by atoms with Gasteiger partial charge in [0.15, 0.2) is 0 Å². The molecule has 0 saturated carbocycles. The lowest BCUT2D eigenvalue weighted by Gasteiger charge is -2.18. The van der Waals surface area contributed by atoms with E-state index in [1.165, 1.54) is 5.56 Å². The number of nitrogens with two attached hydrogens (primary N) is 1. The molecule has 0 bridgehead atoms. The monoisotopic (exact) mass is 252 g/mol. The molecule has 0 heterocycles. The van der Waals surface area contributed by atoms with Crippen LogP contribution in [0, 0.1) is 6.92 Å². The van der Waals surface area contributed by atoms with Crippen molar-refractivity contribution >= 4 is 5.69 Å². The molecule has 0 aliphatic rings. The second-order valence-corrected chi connectivity index (χ2v) is 4.89. The van der Waals surface area contributed by atoms with Crippen LogP contribution in [0.3, 0.4) is 0 Å². The molecule has 4 heteroatoms. The predicted molar refractivity (Wildman–Crippen MR) is 75.4 cm³/mol. The van der Waals surface area contributed by atoms with Crippen LogP contribution in [0.2, 0.25) is 0 Å². The number of hydrogen-bond acceptors (Lipinski definition) is 4. The van der Waals surface area contributed by atoms with E-state index in [0.717, 1.165) is 17.0 Å². The molecule has 18 heavy (non-hydrogen) atoms. The molecule has 0 aliphatic carbocycles. The lowest BCUT2D eigenvalue weighted by atomic mass is 9.99. The average molecular weight is 252 g/mol. The number of methoxy groups -OCH3 is 1. The first kappa shape index (κ1) is 14.8. The quantitative estimate of drug-likeness (QED) is 0.723. The van der Waals surface area contributed by atoms with Crippen molar-refractivity contribution in [1.82, 2.24) is 0 Å². The Kier molecular flexibility index (Phi) is 5.44. The molecule has 0 radical (unpaired) electrons. The zero-order valence-corrected chi connectivity index (χ0v) is 11.7. The molecule has 1 unspecified atom stereocenters. The Morgan fingerprint density at radius 1 is 1.39 bits per heavy atom. The van der Waals surface area contributed by atoms with E-state index in [0.29, 0.717) is 12.5 Å². The van der Waals surface area contributed by atoms with E-state index in [9.17, 15) is 0 Å². The molecule has 0 saturated heterocycles. The first-order valence-corrected chi connectivity index (χ1v) is 6.28. The Labute approximate surface area is 109 Å². The zero-order chi connectivity index (χ0) is 13.7. The van der Waals surface area contributed by atoms with Gasteiger partial charge in [0.1, 0.15) is 5.75 Å². The van der Waals surface area contributed by atoms with Gasteiger partial charge in [-0.05, 0) is 36.1 Å². The van der Waals surface area contributed by atoms with Gasteiger partial charge >= 0.3 is 0 Å². The summed E-state index contributed by atoms with van der Waals surface area (Å²) in [5.41, 5.74) is 9.01. The lowest BCUT2D eigenvalue weighted by molar-refractivity contribution is 0.270. The van der Waals surface area contributed by atoms with Crippen molar-refractivity contribution < 1.29 is 9.84 Å². The van der Waals surface area contributed by atoms with Gasteiger partial charge in [-0.25, -0.2) is 0 Å². The summed E-state index contributed by atoms with van der Waals surface area (Å²) in [5.74, 6) is 1.31. The van der Waals surface area contributed by atoms with Crippen molar-refractivity contribution in [3.8, 4) is 5.75 Å². The van der Waals surface area contributed by atoms with Crippen LogP contribution in [-0.2, 0) is 0 Å². The van der Waals surface area contributed by atoms with Gasteiger partial charge in [0.2, 0.25) is 0 Å². The van der Waals surface area contributed by atoms with Crippen LogP contribution in [-0.4, -0.2) is 31.4 Å². The molecule has 1 rings (SSSR count). The molecular weight excluding hydrogens is 228 g/mol. The van der Waals surface area contributed by atoms with Gasteiger partial charge in [0, 0.05) is 18.3 Å². The molecule has 0 aliphatic heterocycles. The van der Waals surface area contributed by atoms with E-state index in [4.69, 9.17) is 15.6 Å². The van der Waals surface area contributed by atoms with Crippen LogP contribution in [0.4, 0.5) is 5.69 Å². The second-order valence-electron chi connectivity index (χ2n) is 4.89. The number of hydrogen-bond donors (Lipinski definition) is 3. The second kappa shape index (κ2) is 6.61. The summed E-state index contributed by atoms with van der Waals surface area (Å²) < 4.78 is 5.40. The summed E-state index contributed by atoms with van der Waals surface area (Å²) in [6, 6.07) is 3.89. The minimum atomic E-state index is -0.242. The minimum absolute atomic E-state index is 0.0146. The van der Waals surface area contributed by atoms with E-state index >= 15 is 0 Å². The number of aryl methyl sites for hydroxylation is 1. The van der Waals surface area contributed by atoms with Crippen molar-refractivity contribution in [2.75, 3.05) is 25.6 Å². The Morgan fingerprint density at radius 3 is 2.56 bits per heavy atom. The summed E-state index contributed by atoms with van der Waals surface area (Å²) in [5, 5.41) is 12.2. The number of benzene rings is 1. The molecule has 1 aromatic carbocycles. The molecule has 0 fully saturated rings. The van der Waals surface area contributed by atoms with Crippen molar-refractivity contribution in [2.45, 2.75) is 32.7 Å². The van der Waals surface area contributed by atoms with Gasteiger partial charge in [-0.1, -0.05) is 13.8 Å². The van der Waals surface area contributed by atoms with Crippen LogP contribution < -0.4 is 15.8 Å². The molecule has 1 aromatic rings. The fraction of sp³-hybridized carbons (Fsp3) is 0.571. The van der Waals surface area contributed by atoms with Crippen LogP contribution in [0.1, 0.15) is 30.9 Å². The van der Waals surface area contributed by atoms with Gasteiger partial charge in [-0.15, -0.1) is 0 Å².